The van der Waals surface area contributed by atoms with Crippen LogP contribution in [0.25, 0.3) is 0 Å². The van der Waals surface area contributed by atoms with Gasteiger partial charge in [-0.05, 0) is 30.0 Å². The van der Waals surface area contributed by atoms with Crippen LogP contribution in [-0.2, 0) is 16.6 Å². The van der Waals surface area contributed by atoms with E-state index in [1.165, 1.54) is 4.31 Å². The third-order valence-electron chi connectivity index (χ3n) is 3.62. The molecule has 1 unspecified atom stereocenters. The first-order valence-corrected chi connectivity index (χ1v) is 8.51. The van der Waals surface area contributed by atoms with Crippen LogP contribution < -0.4 is 0 Å². The van der Waals surface area contributed by atoms with Crippen LogP contribution >= 0.6 is 0 Å². The minimum Gasteiger partial charge on any atom is -0.392 e. The quantitative estimate of drug-likeness (QED) is 0.842. The molecule has 0 amide bonds. The molecule has 0 aliphatic carbocycles. The smallest absolute Gasteiger partial charge is 0.243 e. The molecule has 0 bridgehead atoms. The molecule has 0 saturated carbocycles. The van der Waals surface area contributed by atoms with Crippen molar-refractivity contribution in [1.82, 2.24) is 4.31 Å². The number of aliphatic hydroxyl groups excluding tert-OH is 1. The van der Waals surface area contributed by atoms with Gasteiger partial charge in [-0.25, -0.2) is 8.42 Å². The standard InChI is InChI=1S/C15H25NO3S/c1-5-12(3)10-16(6-2)20(18,19)15-9-14(11-17)8-7-13(15)4/h7-9,12,17H,5-6,10-11H2,1-4H3. The van der Waals surface area contributed by atoms with E-state index in [-0.39, 0.29) is 6.61 Å². The van der Waals surface area contributed by atoms with Crippen molar-refractivity contribution in [2.24, 2.45) is 5.92 Å². The van der Waals surface area contributed by atoms with Crippen LogP contribution in [0.4, 0.5) is 0 Å². The summed E-state index contributed by atoms with van der Waals surface area (Å²) < 4.78 is 27.0. The second-order valence-corrected chi connectivity index (χ2v) is 7.13. The van der Waals surface area contributed by atoms with Crippen molar-refractivity contribution in [3.05, 3.63) is 29.3 Å². The lowest BCUT2D eigenvalue weighted by Gasteiger charge is -2.24. The Morgan fingerprint density at radius 3 is 2.45 bits per heavy atom. The number of rotatable bonds is 7. The summed E-state index contributed by atoms with van der Waals surface area (Å²) in [5.41, 5.74) is 1.33. The second kappa shape index (κ2) is 7.20. The molecule has 0 aliphatic rings. The normalized spacial score (nSPS) is 13.7. The zero-order chi connectivity index (χ0) is 15.3. The average Bonchev–Trinajstić information content (AvgIpc) is 2.44. The van der Waals surface area contributed by atoms with Gasteiger partial charge in [0.1, 0.15) is 0 Å². The van der Waals surface area contributed by atoms with Gasteiger partial charge in [-0.3, -0.25) is 0 Å². The summed E-state index contributed by atoms with van der Waals surface area (Å²) in [4.78, 5) is 0.300. The Labute approximate surface area is 122 Å². The summed E-state index contributed by atoms with van der Waals surface area (Å²) in [6.07, 6.45) is 0.946. The van der Waals surface area contributed by atoms with Crippen molar-refractivity contribution in [3.63, 3.8) is 0 Å². The molecule has 0 radical (unpaired) electrons. The average molecular weight is 299 g/mol. The fourth-order valence-electron chi connectivity index (χ4n) is 2.03. The third-order valence-corrected chi connectivity index (χ3v) is 5.70. The molecule has 5 heteroatoms. The molecule has 1 atom stereocenters. The summed E-state index contributed by atoms with van der Waals surface area (Å²) in [5, 5.41) is 9.19. The van der Waals surface area contributed by atoms with Gasteiger partial charge in [0, 0.05) is 13.1 Å². The van der Waals surface area contributed by atoms with E-state index in [0.29, 0.717) is 35.0 Å². The van der Waals surface area contributed by atoms with E-state index >= 15 is 0 Å². The predicted molar refractivity (Wildman–Crippen MR) is 81.0 cm³/mol. The highest BCUT2D eigenvalue weighted by Crippen LogP contribution is 2.22. The summed E-state index contributed by atoms with van der Waals surface area (Å²) in [5.74, 6) is 0.325. The lowest BCUT2D eigenvalue weighted by Crippen LogP contribution is -2.35. The summed E-state index contributed by atoms with van der Waals surface area (Å²) in [7, 11) is -3.50. The summed E-state index contributed by atoms with van der Waals surface area (Å²) >= 11 is 0. The third kappa shape index (κ3) is 3.81. The van der Waals surface area contributed by atoms with Gasteiger partial charge < -0.3 is 5.11 Å². The van der Waals surface area contributed by atoms with Crippen molar-refractivity contribution in [1.29, 1.82) is 0 Å². The van der Waals surface area contributed by atoms with Gasteiger partial charge in [0.2, 0.25) is 10.0 Å². The van der Waals surface area contributed by atoms with E-state index in [0.717, 1.165) is 6.42 Å². The molecule has 1 aromatic carbocycles. The molecule has 0 spiro atoms. The molecule has 1 rings (SSSR count). The fourth-order valence-corrected chi connectivity index (χ4v) is 3.88. The minimum absolute atomic E-state index is 0.152. The highest BCUT2D eigenvalue weighted by Gasteiger charge is 2.26. The fraction of sp³-hybridized carbons (Fsp3) is 0.600. The maximum absolute atomic E-state index is 12.7. The lowest BCUT2D eigenvalue weighted by molar-refractivity contribution is 0.281. The summed E-state index contributed by atoms with van der Waals surface area (Å²) in [6.45, 7) is 8.57. The second-order valence-electron chi connectivity index (χ2n) is 5.23. The van der Waals surface area contributed by atoms with Crippen LogP contribution in [0.1, 0.15) is 38.3 Å². The first-order valence-electron chi connectivity index (χ1n) is 7.07. The van der Waals surface area contributed by atoms with Gasteiger partial charge in [-0.2, -0.15) is 4.31 Å². The van der Waals surface area contributed by atoms with Crippen molar-refractivity contribution in [2.75, 3.05) is 13.1 Å². The molecule has 0 aliphatic heterocycles. The topological polar surface area (TPSA) is 57.6 Å². The number of hydrogen-bond acceptors (Lipinski definition) is 3. The van der Waals surface area contributed by atoms with E-state index in [9.17, 15) is 13.5 Å². The van der Waals surface area contributed by atoms with Gasteiger partial charge in [0.15, 0.2) is 0 Å². The Morgan fingerprint density at radius 1 is 1.30 bits per heavy atom. The molecule has 0 heterocycles. The first kappa shape index (κ1) is 17.1. The van der Waals surface area contributed by atoms with Crippen LogP contribution in [0.2, 0.25) is 0 Å². The Hall–Kier alpha value is -0.910. The van der Waals surface area contributed by atoms with Gasteiger partial charge in [-0.15, -0.1) is 0 Å². The lowest BCUT2D eigenvalue weighted by atomic mass is 10.1. The van der Waals surface area contributed by atoms with Crippen LogP contribution in [0.3, 0.4) is 0 Å². The number of aryl methyl sites for hydroxylation is 1. The van der Waals surface area contributed by atoms with Crippen molar-refractivity contribution >= 4 is 10.0 Å². The Balaban J connectivity index is 3.19. The molecule has 0 saturated heterocycles. The van der Waals surface area contributed by atoms with Crippen molar-refractivity contribution in [2.45, 2.75) is 45.6 Å². The van der Waals surface area contributed by atoms with E-state index in [1.807, 2.05) is 6.92 Å². The molecule has 1 aromatic rings. The van der Waals surface area contributed by atoms with Crippen molar-refractivity contribution in [3.8, 4) is 0 Å². The van der Waals surface area contributed by atoms with Gasteiger partial charge >= 0.3 is 0 Å². The Kier molecular flexibility index (Phi) is 6.17. The maximum Gasteiger partial charge on any atom is 0.243 e. The first-order chi connectivity index (χ1) is 9.36. The van der Waals surface area contributed by atoms with E-state index in [4.69, 9.17) is 0 Å². The maximum atomic E-state index is 12.7. The van der Waals surface area contributed by atoms with Crippen LogP contribution in [0.15, 0.2) is 23.1 Å². The highest BCUT2D eigenvalue weighted by molar-refractivity contribution is 7.89. The van der Waals surface area contributed by atoms with Crippen LogP contribution in [-0.4, -0.2) is 30.9 Å². The molecule has 20 heavy (non-hydrogen) atoms. The number of nitrogens with zero attached hydrogens (tertiary/aromatic N) is 1. The monoisotopic (exact) mass is 299 g/mol. The van der Waals surface area contributed by atoms with Gasteiger partial charge in [0.25, 0.3) is 0 Å². The van der Waals surface area contributed by atoms with E-state index in [1.54, 1.807) is 25.1 Å². The zero-order valence-corrected chi connectivity index (χ0v) is 13.6. The molecule has 0 fully saturated rings. The number of hydrogen-bond donors (Lipinski definition) is 1. The van der Waals surface area contributed by atoms with Crippen molar-refractivity contribution < 1.29 is 13.5 Å². The molecule has 4 nitrogen and oxygen atoms in total. The highest BCUT2D eigenvalue weighted by atomic mass is 32.2. The van der Waals surface area contributed by atoms with Crippen LogP contribution in [0.5, 0.6) is 0 Å². The minimum atomic E-state index is -3.50. The Morgan fingerprint density at radius 2 is 1.95 bits per heavy atom. The molecule has 1 N–H and O–H groups in total. The van der Waals surface area contributed by atoms with Crippen LogP contribution in [0, 0.1) is 12.8 Å². The van der Waals surface area contributed by atoms with Gasteiger partial charge in [0.05, 0.1) is 11.5 Å². The van der Waals surface area contributed by atoms with E-state index in [2.05, 4.69) is 13.8 Å². The van der Waals surface area contributed by atoms with Gasteiger partial charge in [-0.1, -0.05) is 39.3 Å². The zero-order valence-electron chi connectivity index (χ0n) is 12.8. The SMILES string of the molecule is CCC(C)CN(CC)S(=O)(=O)c1cc(CO)ccc1C. The molecule has 0 aromatic heterocycles. The number of aliphatic hydroxyl groups is 1. The Bertz CT molecular complexity index is 540. The molecular weight excluding hydrogens is 274 g/mol. The van der Waals surface area contributed by atoms with E-state index < -0.39 is 10.0 Å². The number of benzene rings is 1. The summed E-state index contributed by atoms with van der Waals surface area (Å²) in [6, 6.07) is 5.07. The molecular formula is C15H25NO3S. The number of sulfonamides is 1. The molecule has 114 valence electrons. The largest absolute Gasteiger partial charge is 0.392 e. The predicted octanol–water partition coefficient (Wildman–Crippen LogP) is 2.54.